The third-order valence-corrected chi connectivity index (χ3v) is 2.45. The maximum Gasteiger partial charge on any atom is 0.0792 e. The highest BCUT2D eigenvalue weighted by molar-refractivity contribution is 5.46. The molecule has 1 unspecified atom stereocenters. The van der Waals surface area contributed by atoms with E-state index in [1.165, 1.54) is 5.56 Å². The van der Waals surface area contributed by atoms with E-state index < -0.39 is 0 Å². The van der Waals surface area contributed by atoms with Crippen molar-refractivity contribution in [3.05, 3.63) is 29.3 Å². The van der Waals surface area contributed by atoms with Crippen LogP contribution in [0.15, 0.2) is 18.2 Å². The number of aliphatic hydroxyl groups excluding tert-OH is 1. The maximum absolute atomic E-state index is 9.61. The van der Waals surface area contributed by atoms with Gasteiger partial charge in [0.1, 0.15) is 0 Å². The fraction of sp³-hybridized carbons (Fsp3) is 0.400. The van der Waals surface area contributed by atoms with Crippen molar-refractivity contribution in [3.63, 3.8) is 0 Å². The molecule has 0 fully saturated rings. The Morgan fingerprint density at radius 3 is 3.08 bits per heavy atom. The minimum absolute atomic E-state index is 0.269. The fourth-order valence-corrected chi connectivity index (χ4v) is 1.81. The maximum atomic E-state index is 9.61. The summed E-state index contributed by atoms with van der Waals surface area (Å²) in [6.07, 6.45) is 2.74. The average Bonchev–Trinajstić information content (AvgIpc) is 2.04. The van der Waals surface area contributed by atoms with E-state index in [9.17, 15) is 5.11 Å². The van der Waals surface area contributed by atoms with Gasteiger partial charge in [-0.05, 0) is 42.5 Å². The number of rotatable bonds is 0. The largest absolute Gasteiger partial charge is 0.399 e. The van der Waals surface area contributed by atoms with Gasteiger partial charge in [-0.25, -0.2) is 0 Å². The van der Waals surface area contributed by atoms with Crippen LogP contribution in [0.3, 0.4) is 0 Å². The standard InChI is InChI=1S/C10H13NO/c11-8-4-5-9-7(6-8)2-1-3-10(9)12/h4-6,10,12H,1-3,11H2. The van der Waals surface area contributed by atoms with Crippen molar-refractivity contribution >= 4 is 5.69 Å². The molecule has 1 aromatic carbocycles. The lowest BCUT2D eigenvalue weighted by Crippen LogP contribution is -2.09. The molecule has 0 heterocycles. The minimum atomic E-state index is -0.269. The van der Waals surface area contributed by atoms with E-state index in [1.807, 2.05) is 18.2 Å². The summed E-state index contributed by atoms with van der Waals surface area (Å²) in [7, 11) is 0. The van der Waals surface area contributed by atoms with E-state index in [2.05, 4.69) is 0 Å². The molecule has 0 saturated carbocycles. The first-order valence-electron chi connectivity index (χ1n) is 4.34. The van der Waals surface area contributed by atoms with Crippen molar-refractivity contribution in [3.8, 4) is 0 Å². The van der Waals surface area contributed by atoms with Gasteiger partial charge in [0.15, 0.2) is 0 Å². The molecule has 0 spiro atoms. The van der Waals surface area contributed by atoms with Gasteiger partial charge in [0.05, 0.1) is 6.10 Å². The lowest BCUT2D eigenvalue weighted by Gasteiger charge is -2.21. The predicted octanol–water partition coefficient (Wildman–Crippen LogP) is 1.64. The Morgan fingerprint density at radius 1 is 1.42 bits per heavy atom. The van der Waals surface area contributed by atoms with E-state index in [0.717, 1.165) is 30.5 Å². The van der Waals surface area contributed by atoms with Crippen molar-refractivity contribution in [1.29, 1.82) is 0 Å². The first-order valence-corrected chi connectivity index (χ1v) is 4.34. The molecule has 1 aliphatic rings. The van der Waals surface area contributed by atoms with Gasteiger partial charge in [0, 0.05) is 5.69 Å². The smallest absolute Gasteiger partial charge is 0.0792 e. The van der Waals surface area contributed by atoms with Crippen LogP contribution in [0.5, 0.6) is 0 Å². The summed E-state index contributed by atoms with van der Waals surface area (Å²) >= 11 is 0. The molecule has 1 aromatic rings. The number of aliphatic hydroxyl groups is 1. The van der Waals surface area contributed by atoms with Gasteiger partial charge in [-0.3, -0.25) is 0 Å². The number of nitrogen functional groups attached to an aromatic ring is 1. The molecule has 0 bridgehead atoms. The number of hydrogen-bond acceptors (Lipinski definition) is 2. The minimum Gasteiger partial charge on any atom is -0.399 e. The molecule has 3 N–H and O–H groups in total. The van der Waals surface area contributed by atoms with E-state index >= 15 is 0 Å². The molecule has 0 aliphatic heterocycles. The average molecular weight is 163 g/mol. The molecule has 0 amide bonds. The van der Waals surface area contributed by atoms with Gasteiger partial charge in [-0.2, -0.15) is 0 Å². The van der Waals surface area contributed by atoms with Crippen LogP contribution in [0, 0.1) is 0 Å². The Kier molecular flexibility index (Phi) is 1.77. The zero-order valence-electron chi connectivity index (χ0n) is 6.96. The summed E-state index contributed by atoms with van der Waals surface area (Å²) in [5.74, 6) is 0. The number of benzene rings is 1. The van der Waals surface area contributed by atoms with Crippen molar-refractivity contribution < 1.29 is 5.11 Å². The van der Waals surface area contributed by atoms with Crippen molar-refractivity contribution in [2.24, 2.45) is 0 Å². The molecular weight excluding hydrogens is 150 g/mol. The van der Waals surface area contributed by atoms with Crippen LogP contribution in [0.4, 0.5) is 5.69 Å². The quantitative estimate of drug-likeness (QED) is 0.571. The number of fused-ring (bicyclic) bond motifs is 1. The lowest BCUT2D eigenvalue weighted by molar-refractivity contribution is 0.156. The van der Waals surface area contributed by atoms with Crippen molar-refractivity contribution in [2.75, 3.05) is 5.73 Å². The molecule has 2 heteroatoms. The summed E-state index contributed by atoms with van der Waals surface area (Å²) < 4.78 is 0. The van der Waals surface area contributed by atoms with Crippen LogP contribution < -0.4 is 5.73 Å². The Morgan fingerprint density at radius 2 is 2.25 bits per heavy atom. The Bertz CT molecular complexity index is 296. The molecule has 0 aromatic heterocycles. The summed E-state index contributed by atoms with van der Waals surface area (Å²) in [4.78, 5) is 0. The third-order valence-electron chi connectivity index (χ3n) is 2.45. The molecule has 1 atom stereocenters. The van der Waals surface area contributed by atoms with E-state index in [-0.39, 0.29) is 6.10 Å². The highest BCUT2D eigenvalue weighted by Gasteiger charge is 2.16. The molecule has 0 radical (unpaired) electrons. The number of aryl methyl sites for hydroxylation is 1. The highest BCUT2D eigenvalue weighted by Crippen LogP contribution is 2.30. The predicted molar refractivity (Wildman–Crippen MR) is 48.8 cm³/mol. The molecule has 1 aliphatic carbocycles. The normalized spacial score (nSPS) is 21.9. The molecular formula is C10H13NO. The van der Waals surface area contributed by atoms with Crippen LogP contribution in [0.1, 0.15) is 30.1 Å². The molecule has 2 nitrogen and oxygen atoms in total. The van der Waals surface area contributed by atoms with Crippen molar-refractivity contribution in [1.82, 2.24) is 0 Å². The second kappa shape index (κ2) is 2.79. The summed E-state index contributed by atoms with van der Waals surface area (Å²) in [5, 5.41) is 9.61. The monoisotopic (exact) mass is 163 g/mol. The molecule has 2 rings (SSSR count). The van der Waals surface area contributed by atoms with Crippen LogP contribution in [0.2, 0.25) is 0 Å². The van der Waals surface area contributed by atoms with E-state index in [1.54, 1.807) is 0 Å². The number of nitrogens with two attached hydrogens (primary N) is 1. The molecule has 0 saturated heterocycles. The molecule has 64 valence electrons. The third kappa shape index (κ3) is 1.18. The highest BCUT2D eigenvalue weighted by atomic mass is 16.3. The van der Waals surface area contributed by atoms with Crippen LogP contribution in [-0.2, 0) is 6.42 Å². The van der Waals surface area contributed by atoms with Crippen molar-refractivity contribution in [2.45, 2.75) is 25.4 Å². The van der Waals surface area contributed by atoms with Gasteiger partial charge >= 0.3 is 0 Å². The topological polar surface area (TPSA) is 46.2 Å². The lowest BCUT2D eigenvalue weighted by atomic mass is 9.89. The second-order valence-electron chi connectivity index (χ2n) is 3.37. The SMILES string of the molecule is Nc1ccc2c(c1)CCCC2O. The van der Waals surface area contributed by atoms with E-state index in [4.69, 9.17) is 5.73 Å². The molecule has 12 heavy (non-hydrogen) atoms. The first kappa shape index (κ1) is 7.62. The van der Waals surface area contributed by atoms with Crippen LogP contribution >= 0.6 is 0 Å². The number of anilines is 1. The van der Waals surface area contributed by atoms with Gasteiger partial charge < -0.3 is 10.8 Å². The van der Waals surface area contributed by atoms with Crippen LogP contribution in [-0.4, -0.2) is 5.11 Å². The van der Waals surface area contributed by atoms with Gasteiger partial charge in [-0.1, -0.05) is 6.07 Å². The second-order valence-corrected chi connectivity index (χ2v) is 3.37. The zero-order chi connectivity index (χ0) is 8.55. The van der Waals surface area contributed by atoms with Gasteiger partial charge in [0.25, 0.3) is 0 Å². The zero-order valence-corrected chi connectivity index (χ0v) is 6.96. The first-order chi connectivity index (χ1) is 5.77. The van der Waals surface area contributed by atoms with E-state index in [0.29, 0.717) is 0 Å². The summed E-state index contributed by atoms with van der Waals surface area (Å²) in [6, 6.07) is 5.76. The number of hydrogen-bond donors (Lipinski definition) is 2. The van der Waals surface area contributed by atoms with Gasteiger partial charge in [-0.15, -0.1) is 0 Å². The fourth-order valence-electron chi connectivity index (χ4n) is 1.81. The Labute approximate surface area is 72.0 Å². The Balaban J connectivity index is 2.46. The summed E-state index contributed by atoms with van der Waals surface area (Å²) in [6.45, 7) is 0. The van der Waals surface area contributed by atoms with Gasteiger partial charge in [0.2, 0.25) is 0 Å². The van der Waals surface area contributed by atoms with Crippen LogP contribution in [0.25, 0.3) is 0 Å². The Hall–Kier alpha value is -1.02. The summed E-state index contributed by atoms with van der Waals surface area (Å²) in [5.41, 5.74) is 8.72.